The number of aromatic nitrogens is 4. The highest BCUT2D eigenvalue weighted by Crippen LogP contribution is 2.21. The number of carbonyl (C=O) groups excluding carboxylic acids is 1. The van der Waals surface area contributed by atoms with Crippen molar-refractivity contribution in [3.63, 3.8) is 0 Å². The molecule has 0 saturated carbocycles. The first kappa shape index (κ1) is 18.2. The number of piperazine rings is 1. The van der Waals surface area contributed by atoms with E-state index in [0.29, 0.717) is 37.5 Å². The maximum atomic E-state index is 12.7. The Hall–Kier alpha value is -3.81. The van der Waals surface area contributed by atoms with Crippen molar-refractivity contribution in [1.29, 1.82) is 0 Å². The molecule has 150 valence electrons. The third-order valence-corrected chi connectivity index (χ3v) is 5.35. The normalized spacial score (nSPS) is 14.3. The topological polar surface area (TPSA) is 88.3 Å². The number of para-hydroxylation sites is 1. The third kappa shape index (κ3) is 3.59. The molecule has 8 heteroatoms. The molecule has 0 bridgehead atoms. The van der Waals surface area contributed by atoms with Gasteiger partial charge >= 0.3 is 0 Å². The lowest BCUT2D eigenvalue weighted by molar-refractivity contribution is -0.130. The van der Waals surface area contributed by atoms with Gasteiger partial charge in [-0.05, 0) is 36.4 Å². The van der Waals surface area contributed by atoms with E-state index in [-0.39, 0.29) is 12.3 Å². The first-order valence-electron chi connectivity index (χ1n) is 9.88. The number of hydrogen-bond acceptors (Lipinski definition) is 7. The number of fused-ring (bicyclic) bond motifs is 1. The van der Waals surface area contributed by atoms with Crippen LogP contribution in [0.4, 0.5) is 5.82 Å². The van der Waals surface area contributed by atoms with Crippen molar-refractivity contribution >= 4 is 22.7 Å². The van der Waals surface area contributed by atoms with Crippen LogP contribution >= 0.6 is 0 Å². The van der Waals surface area contributed by atoms with Crippen LogP contribution in [-0.4, -0.2) is 57.3 Å². The largest absolute Gasteiger partial charge is 0.356 e. The first-order valence-corrected chi connectivity index (χ1v) is 9.88. The van der Waals surface area contributed by atoms with Gasteiger partial charge < -0.3 is 14.3 Å². The van der Waals surface area contributed by atoms with Gasteiger partial charge in [-0.15, -0.1) is 10.2 Å². The number of hydrogen-bond donors (Lipinski definition) is 0. The molecule has 1 saturated heterocycles. The van der Waals surface area contributed by atoms with E-state index in [1.165, 1.54) is 0 Å². The Labute approximate surface area is 173 Å². The highest BCUT2D eigenvalue weighted by molar-refractivity contribution is 5.86. The molecule has 1 amide bonds. The van der Waals surface area contributed by atoms with E-state index in [2.05, 4.69) is 25.2 Å². The number of anilines is 1. The number of rotatable bonds is 4. The van der Waals surface area contributed by atoms with Crippen LogP contribution in [0.5, 0.6) is 0 Å². The second-order valence-corrected chi connectivity index (χ2v) is 7.18. The average Bonchev–Trinajstić information content (AvgIpc) is 3.23. The van der Waals surface area contributed by atoms with E-state index in [0.717, 1.165) is 22.5 Å². The predicted octanol–water partition coefficient (Wildman–Crippen LogP) is 2.57. The minimum absolute atomic E-state index is 0.0628. The average molecular weight is 400 g/mol. The summed E-state index contributed by atoms with van der Waals surface area (Å²) in [5.41, 5.74) is 3.20. The van der Waals surface area contributed by atoms with Crippen molar-refractivity contribution in [3.05, 3.63) is 66.6 Å². The van der Waals surface area contributed by atoms with Crippen LogP contribution in [0.3, 0.4) is 0 Å². The van der Waals surface area contributed by atoms with Gasteiger partial charge in [0, 0.05) is 49.5 Å². The standard InChI is InChI=1S/C22H20N6O2/c29-22(15-19-17-3-1-2-4-20(17)30-26-19)28-13-11-27(12-14-28)21-6-5-18(24-25-21)16-7-9-23-10-8-16/h1-10H,11-15H2. The van der Waals surface area contributed by atoms with Gasteiger partial charge in [-0.1, -0.05) is 17.3 Å². The fourth-order valence-electron chi connectivity index (χ4n) is 3.68. The minimum atomic E-state index is 0.0628. The molecule has 4 heterocycles. The summed E-state index contributed by atoms with van der Waals surface area (Å²) in [7, 11) is 0. The van der Waals surface area contributed by atoms with Gasteiger partial charge in [-0.25, -0.2) is 0 Å². The van der Waals surface area contributed by atoms with Crippen molar-refractivity contribution in [2.45, 2.75) is 6.42 Å². The fraction of sp³-hybridized carbons (Fsp3) is 0.227. The van der Waals surface area contributed by atoms with Crippen LogP contribution < -0.4 is 4.90 Å². The Balaban J connectivity index is 1.20. The summed E-state index contributed by atoms with van der Waals surface area (Å²) < 4.78 is 5.31. The summed E-state index contributed by atoms with van der Waals surface area (Å²) in [6.07, 6.45) is 3.73. The van der Waals surface area contributed by atoms with Crippen molar-refractivity contribution < 1.29 is 9.32 Å². The fourth-order valence-corrected chi connectivity index (χ4v) is 3.68. The molecule has 0 spiro atoms. The Morgan fingerprint density at radius 1 is 0.933 bits per heavy atom. The number of pyridine rings is 1. The lowest BCUT2D eigenvalue weighted by Crippen LogP contribution is -2.49. The molecular formula is C22H20N6O2. The monoisotopic (exact) mass is 400 g/mol. The zero-order valence-electron chi connectivity index (χ0n) is 16.3. The Morgan fingerprint density at radius 2 is 1.73 bits per heavy atom. The van der Waals surface area contributed by atoms with Gasteiger partial charge in [0.15, 0.2) is 11.4 Å². The van der Waals surface area contributed by atoms with Crippen LogP contribution in [0.1, 0.15) is 5.69 Å². The SMILES string of the molecule is O=C(Cc1noc2ccccc12)N1CCN(c2ccc(-c3ccncc3)nn2)CC1. The molecule has 0 radical (unpaired) electrons. The van der Waals surface area contributed by atoms with Gasteiger partial charge in [-0.2, -0.15) is 0 Å². The van der Waals surface area contributed by atoms with Gasteiger partial charge in [0.2, 0.25) is 5.91 Å². The number of amides is 1. The molecule has 4 aromatic rings. The maximum absolute atomic E-state index is 12.7. The predicted molar refractivity (Wildman–Crippen MR) is 112 cm³/mol. The van der Waals surface area contributed by atoms with E-state index in [1.54, 1.807) is 12.4 Å². The van der Waals surface area contributed by atoms with Crippen LogP contribution in [0.2, 0.25) is 0 Å². The third-order valence-electron chi connectivity index (χ3n) is 5.35. The summed E-state index contributed by atoms with van der Waals surface area (Å²) in [6.45, 7) is 2.72. The van der Waals surface area contributed by atoms with Crippen molar-refractivity contribution in [1.82, 2.24) is 25.2 Å². The lowest BCUT2D eigenvalue weighted by atomic mass is 10.1. The molecule has 0 unspecified atom stereocenters. The Morgan fingerprint density at radius 3 is 2.50 bits per heavy atom. The highest BCUT2D eigenvalue weighted by Gasteiger charge is 2.23. The summed E-state index contributed by atoms with van der Waals surface area (Å²) in [5.74, 6) is 0.884. The van der Waals surface area contributed by atoms with Crippen molar-refractivity contribution in [3.8, 4) is 11.3 Å². The molecule has 1 aliphatic heterocycles. The van der Waals surface area contributed by atoms with E-state index in [9.17, 15) is 4.79 Å². The van der Waals surface area contributed by atoms with Crippen LogP contribution in [0.25, 0.3) is 22.2 Å². The molecule has 5 rings (SSSR count). The molecule has 1 aromatic carbocycles. The number of benzene rings is 1. The first-order chi connectivity index (χ1) is 14.8. The van der Waals surface area contributed by atoms with Crippen LogP contribution in [0.15, 0.2) is 65.4 Å². The summed E-state index contributed by atoms with van der Waals surface area (Å²) >= 11 is 0. The number of carbonyl (C=O) groups is 1. The van der Waals surface area contributed by atoms with Crippen molar-refractivity contribution in [2.24, 2.45) is 0 Å². The molecular weight excluding hydrogens is 380 g/mol. The minimum Gasteiger partial charge on any atom is -0.356 e. The molecule has 1 aliphatic rings. The molecule has 0 aliphatic carbocycles. The van der Waals surface area contributed by atoms with E-state index in [4.69, 9.17) is 4.52 Å². The Kier molecular flexibility index (Phi) is 4.80. The van der Waals surface area contributed by atoms with E-state index < -0.39 is 0 Å². The lowest BCUT2D eigenvalue weighted by Gasteiger charge is -2.35. The smallest absolute Gasteiger partial charge is 0.228 e. The molecule has 8 nitrogen and oxygen atoms in total. The molecule has 1 fully saturated rings. The second kappa shape index (κ2) is 7.90. The Bertz CT molecular complexity index is 1150. The number of nitrogens with zero attached hydrogens (tertiary/aromatic N) is 6. The van der Waals surface area contributed by atoms with Gasteiger partial charge in [0.1, 0.15) is 5.69 Å². The zero-order valence-corrected chi connectivity index (χ0v) is 16.3. The van der Waals surface area contributed by atoms with Crippen LogP contribution in [-0.2, 0) is 11.2 Å². The quantitative estimate of drug-likeness (QED) is 0.520. The molecule has 0 atom stereocenters. The van der Waals surface area contributed by atoms with E-state index >= 15 is 0 Å². The summed E-state index contributed by atoms with van der Waals surface area (Å²) in [4.78, 5) is 20.8. The molecule has 30 heavy (non-hydrogen) atoms. The highest BCUT2D eigenvalue weighted by atomic mass is 16.5. The summed E-state index contributed by atoms with van der Waals surface area (Å²) in [5, 5.41) is 13.7. The van der Waals surface area contributed by atoms with E-state index in [1.807, 2.05) is 53.4 Å². The zero-order chi connectivity index (χ0) is 20.3. The van der Waals surface area contributed by atoms with Crippen LogP contribution in [0, 0.1) is 0 Å². The summed E-state index contributed by atoms with van der Waals surface area (Å²) in [6, 6.07) is 15.4. The van der Waals surface area contributed by atoms with Gasteiger partial charge in [-0.3, -0.25) is 9.78 Å². The van der Waals surface area contributed by atoms with Crippen molar-refractivity contribution in [2.75, 3.05) is 31.1 Å². The van der Waals surface area contributed by atoms with Gasteiger partial charge in [0.25, 0.3) is 0 Å². The maximum Gasteiger partial charge on any atom is 0.228 e. The molecule has 3 aromatic heterocycles. The molecule has 0 N–H and O–H groups in total. The van der Waals surface area contributed by atoms with Gasteiger partial charge in [0.05, 0.1) is 12.1 Å². The second-order valence-electron chi connectivity index (χ2n) is 7.18.